The largest absolute Gasteiger partial charge is 0.336 e. The van der Waals surface area contributed by atoms with Crippen molar-refractivity contribution in [2.24, 2.45) is 10.9 Å². The lowest BCUT2D eigenvalue weighted by Crippen LogP contribution is -2.53. The molecule has 2 N–H and O–H groups in total. The Morgan fingerprint density at radius 3 is 2.00 bits per heavy atom. The maximum absolute atomic E-state index is 12.4. The monoisotopic (exact) mass is 355 g/mol. The highest BCUT2D eigenvalue weighted by Crippen LogP contribution is 2.13. The second-order valence-electron chi connectivity index (χ2n) is 6.57. The standard InChI is InChI=1S/C19H25N5O2/c20-21-15-17-5-3-16(4-6-17)7-8-18(25)22-11-13-24(14-12-22)19(26)23-9-1-2-10-23/h3-8,15H,1-2,9-14,20H2/b8-7+,21-15?. The molecule has 2 aliphatic heterocycles. The topological polar surface area (TPSA) is 82.2 Å². The fourth-order valence-corrected chi connectivity index (χ4v) is 3.28. The van der Waals surface area contributed by atoms with Crippen molar-refractivity contribution in [3.8, 4) is 0 Å². The van der Waals surface area contributed by atoms with Crippen molar-refractivity contribution in [2.45, 2.75) is 12.8 Å². The summed E-state index contributed by atoms with van der Waals surface area (Å²) in [6, 6.07) is 7.72. The molecule has 2 heterocycles. The zero-order valence-corrected chi connectivity index (χ0v) is 14.9. The summed E-state index contributed by atoms with van der Waals surface area (Å²) in [5.41, 5.74) is 1.85. The first kappa shape index (κ1) is 18.0. The van der Waals surface area contributed by atoms with Crippen LogP contribution in [-0.2, 0) is 4.79 Å². The fraction of sp³-hybridized carbons (Fsp3) is 0.421. The molecule has 0 saturated carbocycles. The Labute approximate surface area is 153 Å². The molecule has 0 aliphatic carbocycles. The summed E-state index contributed by atoms with van der Waals surface area (Å²) in [5.74, 6) is 5.10. The Bertz CT molecular complexity index is 684. The first-order valence-corrected chi connectivity index (χ1v) is 9.01. The molecular weight excluding hydrogens is 330 g/mol. The number of carbonyl (C=O) groups is 2. The van der Waals surface area contributed by atoms with Crippen LogP contribution in [0.4, 0.5) is 4.79 Å². The van der Waals surface area contributed by atoms with Crippen LogP contribution in [0.25, 0.3) is 6.08 Å². The van der Waals surface area contributed by atoms with Crippen LogP contribution in [0.5, 0.6) is 0 Å². The van der Waals surface area contributed by atoms with Crippen molar-refractivity contribution in [3.63, 3.8) is 0 Å². The normalized spacial score (nSPS) is 18.2. The Kier molecular flexibility index (Phi) is 5.88. The fourth-order valence-electron chi connectivity index (χ4n) is 3.28. The molecule has 7 nitrogen and oxygen atoms in total. The van der Waals surface area contributed by atoms with Gasteiger partial charge in [0.15, 0.2) is 0 Å². The molecule has 7 heteroatoms. The van der Waals surface area contributed by atoms with E-state index in [-0.39, 0.29) is 11.9 Å². The molecule has 26 heavy (non-hydrogen) atoms. The quantitative estimate of drug-likeness (QED) is 0.385. The predicted octanol–water partition coefficient (Wildman–Crippen LogP) is 1.35. The third-order valence-corrected chi connectivity index (χ3v) is 4.82. The smallest absolute Gasteiger partial charge is 0.320 e. The zero-order valence-electron chi connectivity index (χ0n) is 14.9. The van der Waals surface area contributed by atoms with Crippen LogP contribution in [0.15, 0.2) is 35.4 Å². The second-order valence-corrected chi connectivity index (χ2v) is 6.57. The van der Waals surface area contributed by atoms with E-state index < -0.39 is 0 Å². The van der Waals surface area contributed by atoms with Crippen molar-refractivity contribution in [3.05, 3.63) is 41.5 Å². The van der Waals surface area contributed by atoms with Crippen LogP contribution < -0.4 is 5.84 Å². The summed E-state index contributed by atoms with van der Waals surface area (Å²) < 4.78 is 0. The number of hydrazone groups is 1. The number of rotatable bonds is 3. The average molecular weight is 355 g/mol. The van der Waals surface area contributed by atoms with Crippen LogP contribution in [0.1, 0.15) is 24.0 Å². The molecule has 0 radical (unpaired) electrons. The van der Waals surface area contributed by atoms with E-state index in [1.165, 1.54) is 0 Å². The van der Waals surface area contributed by atoms with E-state index in [4.69, 9.17) is 5.84 Å². The minimum atomic E-state index is -0.0223. The molecule has 0 unspecified atom stereocenters. The minimum Gasteiger partial charge on any atom is -0.336 e. The third kappa shape index (κ3) is 4.41. The van der Waals surface area contributed by atoms with Gasteiger partial charge in [0.25, 0.3) is 0 Å². The number of hydrogen-bond acceptors (Lipinski definition) is 4. The van der Waals surface area contributed by atoms with Crippen LogP contribution in [0.3, 0.4) is 0 Å². The van der Waals surface area contributed by atoms with Crippen molar-refractivity contribution in [2.75, 3.05) is 39.3 Å². The second kappa shape index (κ2) is 8.51. The van der Waals surface area contributed by atoms with E-state index in [9.17, 15) is 9.59 Å². The number of carbonyl (C=O) groups excluding carboxylic acids is 2. The maximum Gasteiger partial charge on any atom is 0.320 e. The Hall–Kier alpha value is -2.83. The highest BCUT2D eigenvalue weighted by molar-refractivity contribution is 5.92. The van der Waals surface area contributed by atoms with Gasteiger partial charge >= 0.3 is 6.03 Å². The van der Waals surface area contributed by atoms with E-state index in [1.807, 2.05) is 34.1 Å². The predicted molar refractivity (Wildman–Crippen MR) is 102 cm³/mol. The summed E-state index contributed by atoms with van der Waals surface area (Å²) in [7, 11) is 0. The molecule has 3 rings (SSSR count). The Morgan fingerprint density at radius 2 is 1.38 bits per heavy atom. The molecule has 2 fully saturated rings. The molecule has 0 bridgehead atoms. The third-order valence-electron chi connectivity index (χ3n) is 4.82. The summed E-state index contributed by atoms with van der Waals surface area (Å²) >= 11 is 0. The highest BCUT2D eigenvalue weighted by Gasteiger charge is 2.27. The van der Waals surface area contributed by atoms with Gasteiger partial charge in [0.1, 0.15) is 0 Å². The van der Waals surface area contributed by atoms with Crippen molar-refractivity contribution in [1.82, 2.24) is 14.7 Å². The van der Waals surface area contributed by atoms with Gasteiger partial charge in [-0.25, -0.2) is 4.79 Å². The number of piperazine rings is 1. The van der Waals surface area contributed by atoms with Crippen LogP contribution in [0, 0.1) is 0 Å². The summed E-state index contributed by atoms with van der Waals surface area (Å²) in [6.07, 6.45) is 7.14. The lowest BCUT2D eigenvalue weighted by Gasteiger charge is -2.36. The number of benzene rings is 1. The van der Waals surface area contributed by atoms with Crippen LogP contribution in [-0.4, -0.2) is 72.1 Å². The van der Waals surface area contributed by atoms with Gasteiger partial charge in [-0.05, 0) is 30.0 Å². The van der Waals surface area contributed by atoms with E-state index in [2.05, 4.69) is 5.10 Å². The number of hydrogen-bond donors (Lipinski definition) is 1. The number of amides is 3. The lowest BCUT2D eigenvalue weighted by atomic mass is 10.1. The highest BCUT2D eigenvalue weighted by atomic mass is 16.2. The van der Waals surface area contributed by atoms with Gasteiger partial charge in [0.2, 0.25) is 5.91 Å². The SMILES string of the molecule is NN=Cc1ccc(/C=C/C(=O)N2CCN(C(=O)N3CCCC3)CC2)cc1. The van der Waals surface area contributed by atoms with Crippen molar-refractivity contribution in [1.29, 1.82) is 0 Å². The number of likely N-dealkylation sites (tertiary alicyclic amines) is 1. The number of nitrogens with two attached hydrogens (primary N) is 1. The van der Waals surface area contributed by atoms with Crippen molar-refractivity contribution < 1.29 is 9.59 Å². The van der Waals surface area contributed by atoms with Gasteiger partial charge in [0, 0.05) is 45.3 Å². The molecular formula is C19H25N5O2. The molecule has 0 spiro atoms. The summed E-state index contributed by atoms with van der Waals surface area (Å²) in [5, 5.41) is 3.48. The van der Waals surface area contributed by atoms with Gasteiger partial charge in [-0.2, -0.15) is 5.10 Å². The Balaban J connectivity index is 1.49. The van der Waals surface area contributed by atoms with E-state index in [1.54, 1.807) is 23.3 Å². The summed E-state index contributed by atoms with van der Waals surface area (Å²) in [6.45, 7) is 4.07. The van der Waals surface area contributed by atoms with Crippen LogP contribution >= 0.6 is 0 Å². The van der Waals surface area contributed by atoms with Gasteiger partial charge in [-0.1, -0.05) is 24.3 Å². The van der Waals surface area contributed by atoms with Gasteiger partial charge < -0.3 is 20.5 Å². The van der Waals surface area contributed by atoms with E-state index >= 15 is 0 Å². The molecule has 0 atom stereocenters. The van der Waals surface area contributed by atoms with Gasteiger partial charge in [-0.15, -0.1) is 0 Å². The van der Waals surface area contributed by atoms with E-state index in [0.717, 1.165) is 37.1 Å². The van der Waals surface area contributed by atoms with Gasteiger partial charge in [0.05, 0.1) is 6.21 Å². The average Bonchev–Trinajstić information content (AvgIpc) is 3.22. The van der Waals surface area contributed by atoms with E-state index in [0.29, 0.717) is 26.2 Å². The molecule has 2 saturated heterocycles. The summed E-state index contributed by atoms with van der Waals surface area (Å²) in [4.78, 5) is 30.3. The zero-order chi connectivity index (χ0) is 18.4. The lowest BCUT2D eigenvalue weighted by molar-refractivity contribution is -0.127. The molecule has 3 amide bonds. The van der Waals surface area contributed by atoms with Crippen LogP contribution in [0.2, 0.25) is 0 Å². The number of nitrogens with zero attached hydrogens (tertiary/aromatic N) is 4. The Morgan fingerprint density at radius 1 is 0.846 bits per heavy atom. The molecule has 0 aromatic heterocycles. The first-order valence-electron chi connectivity index (χ1n) is 9.01. The van der Waals surface area contributed by atoms with Crippen molar-refractivity contribution >= 4 is 24.2 Å². The molecule has 138 valence electrons. The maximum atomic E-state index is 12.4. The van der Waals surface area contributed by atoms with Gasteiger partial charge in [-0.3, -0.25) is 4.79 Å². The molecule has 1 aromatic rings. The molecule has 2 aliphatic rings. The first-order chi connectivity index (χ1) is 12.7. The molecule has 1 aromatic carbocycles. The number of urea groups is 1. The minimum absolute atomic E-state index is 0.0223.